The van der Waals surface area contributed by atoms with Crippen LogP contribution in [0.3, 0.4) is 0 Å². The summed E-state index contributed by atoms with van der Waals surface area (Å²) < 4.78 is 8.74. The molecule has 4 nitrogen and oxygen atoms in total. The molecule has 4 rings (SSSR count). The summed E-state index contributed by atoms with van der Waals surface area (Å²) in [6, 6.07) is 18.1. The molecule has 27 heavy (non-hydrogen) atoms. The van der Waals surface area contributed by atoms with Crippen molar-refractivity contribution in [1.82, 2.24) is 4.57 Å². The van der Waals surface area contributed by atoms with E-state index in [1.807, 2.05) is 54.1 Å². The zero-order chi connectivity index (χ0) is 19.0. The van der Waals surface area contributed by atoms with Gasteiger partial charge >= 0.3 is 0 Å². The largest absolute Gasteiger partial charge is 0.484 e. The van der Waals surface area contributed by atoms with Crippen molar-refractivity contribution in [2.75, 3.05) is 6.61 Å². The second-order valence-electron chi connectivity index (χ2n) is 6.65. The molecule has 0 unspecified atom stereocenters. The van der Waals surface area contributed by atoms with Crippen LogP contribution in [0.2, 0.25) is 0 Å². The predicted octanol–water partition coefficient (Wildman–Crippen LogP) is 4.52. The standard InChI is InChI=1S/C22H20N2O2S/c1-14-10-19-20(11-15(14)2)27-22(24(19)3)23-21(25)13-26-18-9-8-16-6-4-5-7-17(16)12-18/h4-12H,13H2,1-3H3. The molecule has 0 saturated carbocycles. The molecule has 0 aliphatic heterocycles. The average Bonchev–Trinajstić information content (AvgIpc) is 2.95. The van der Waals surface area contributed by atoms with Gasteiger partial charge in [0, 0.05) is 7.05 Å². The molecule has 0 radical (unpaired) electrons. The molecule has 1 heterocycles. The van der Waals surface area contributed by atoms with E-state index in [4.69, 9.17) is 4.74 Å². The molecular formula is C22H20N2O2S. The molecule has 3 aromatic carbocycles. The van der Waals surface area contributed by atoms with Crippen LogP contribution in [0.1, 0.15) is 11.1 Å². The van der Waals surface area contributed by atoms with E-state index in [1.54, 1.807) is 0 Å². The lowest BCUT2D eigenvalue weighted by atomic mass is 10.1. The van der Waals surface area contributed by atoms with Gasteiger partial charge in [-0.3, -0.25) is 4.79 Å². The van der Waals surface area contributed by atoms with Crippen molar-refractivity contribution in [2.45, 2.75) is 13.8 Å². The van der Waals surface area contributed by atoms with Crippen molar-refractivity contribution in [3.05, 3.63) is 70.5 Å². The Bertz CT molecular complexity index is 1230. The second kappa shape index (κ2) is 7.00. The Labute approximate surface area is 161 Å². The van der Waals surface area contributed by atoms with Gasteiger partial charge in [0.1, 0.15) is 5.75 Å². The molecule has 5 heteroatoms. The number of amides is 1. The first-order valence-electron chi connectivity index (χ1n) is 8.77. The number of rotatable bonds is 3. The van der Waals surface area contributed by atoms with E-state index in [0.717, 1.165) is 21.0 Å². The molecule has 0 spiro atoms. The Morgan fingerprint density at radius 1 is 1.04 bits per heavy atom. The third-order valence-electron chi connectivity index (χ3n) is 4.73. The maximum absolute atomic E-state index is 12.3. The fourth-order valence-electron chi connectivity index (χ4n) is 3.03. The fourth-order valence-corrected chi connectivity index (χ4v) is 4.14. The summed E-state index contributed by atoms with van der Waals surface area (Å²) >= 11 is 1.52. The molecule has 1 amide bonds. The molecule has 1 aromatic heterocycles. The van der Waals surface area contributed by atoms with Crippen LogP contribution in [0.15, 0.2) is 59.6 Å². The van der Waals surface area contributed by atoms with Crippen molar-refractivity contribution in [3.63, 3.8) is 0 Å². The monoisotopic (exact) mass is 376 g/mol. The molecule has 0 fully saturated rings. The van der Waals surface area contributed by atoms with Crippen LogP contribution < -0.4 is 9.54 Å². The summed E-state index contributed by atoms with van der Waals surface area (Å²) in [5.74, 6) is 0.378. The zero-order valence-corrected chi connectivity index (χ0v) is 16.3. The third kappa shape index (κ3) is 3.51. The summed E-state index contributed by atoms with van der Waals surface area (Å²) in [5.41, 5.74) is 3.56. The number of hydrogen-bond donors (Lipinski definition) is 0. The summed E-state index contributed by atoms with van der Waals surface area (Å²) in [6.07, 6.45) is 0. The highest BCUT2D eigenvalue weighted by Gasteiger charge is 2.08. The first-order chi connectivity index (χ1) is 13.0. The molecule has 0 bridgehead atoms. The van der Waals surface area contributed by atoms with Gasteiger partial charge in [-0.15, -0.1) is 0 Å². The Hall–Kier alpha value is -2.92. The predicted molar refractivity (Wildman–Crippen MR) is 110 cm³/mol. The summed E-state index contributed by atoms with van der Waals surface area (Å²) in [5, 5.41) is 2.23. The van der Waals surface area contributed by atoms with Gasteiger partial charge < -0.3 is 9.30 Å². The first kappa shape index (κ1) is 17.5. The van der Waals surface area contributed by atoms with Crippen LogP contribution in [0.4, 0.5) is 0 Å². The van der Waals surface area contributed by atoms with Gasteiger partial charge in [0.05, 0.1) is 10.2 Å². The highest BCUT2D eigenvalue weighted by molar-refractivity contribution is 7.16. The van der Waals surface area contributed by atoms with Crippen molar-refractivity contribution < 1.29 is 9.53 Å². The van der Waals surface area contributed by atoms with Crippen molar-refractivity contribution in [1.29, 1.82) is 0 Å². The Morgan fingerprint density at radius 2 is 1.78 bits per heavy atom. The number of nitrogens with zero attached hydrogens (tertiary/aromatic N) is 2. The van der Waals surface area contributed by atoms with Crippen LogP contribution in [0.5, 0.6) is 5.75 Å². The number of benzene rings is 3. The van der Waals surface area contributed by atoms with Gasteiger partial charge in [0.2, 0.25) is 0 Å². The summed E-state index contributed by atoms with van der Waals surface area (Å²) in [6.45, 7) is 4.10. The lowest BCUT2D eigenvalue weighted by Gasteiger charge is -2.05. The third-order valence-corrected chi connectivity index (χ3v) is 5.82. The van der Waals surface area contributed by atoms with Gasteiger partial charge in [-0.05, 0) is 60.0 Å². The highest BCUT2D eigenvalue weighted by Crippen LogP contribution is 2.22. The molecular weight excluding hydrogens is 356 g/mol. The van der Waals surface area contributed by atoms with Crippen LogP contribution in [0, 0.1) is 13.8 Å². The number of carbonyl (C=O) groups is 1. The van der Waals surface area contributed by atoms with Crippen molar-refractivity contribution in [3.8, 4) is 5.75 Å². The zero-order valence-electron chi connectivity index (χ0n) is 15.5. The number of fused-ring (bicyclic) bond motifs is 2. The number of aryl methyl sites for hydroxylation is 3. The Balaban J connectivity index is 1.56. The summed E-state index contributed by atoms with van der Waals surface area (Å²) in [7, 11) is 1.93. The van der Waals surface area contributed by atoms with Crippen LogP contribution in [-0.4, -0.2) is 17.1 Å². The number of carbonyl (C=O) groups excluding carboxylic acids is 1. The smallest absolute Gasteiger partial charge is 0.286 e. The maximum atomic E-state index is 12.3. The summed E-state index contributed by atoms with van der Waals surface area (Å²) in [4.78, 5) is 17.2. The van der Waals surface area contributed by atoms with Gasteiger partial charge in [-0.1, -0.05) is 41.7 Å². The molecule has 136 valence electrons. The van der Waals surface area contributed by atoms with E-state index in [2.05, 4.69) is 31.0 Å². The SMILES string of the molecule is Cc1cc2sc(=NC(=O)COc3ccc4ccccc4c3)n(C)c2cc1C. The normalized spacial score (nSPS) is 12.0. The number of aromatic nitrogens is 1. The van der Waals surface area contributed by atoms with E-state index in [1.165, 1.54) is 22.5 Å². The van der Waals surface area contributed by atoms with Gasteiger partial charge in [0.15, 0.2) is 11.4 Å². The lowest BCUT2D eigenvalue weighted by molar-refractivity contribution is -0.120. The second-order valence-corrected chi connectivity index (χ2v) is 7.66. The quantitative estimate of drug-likeness (QED) is 0.528. The molecule has 0 atom stereocenters. The fraction of sp³-hybridized carbons (Fsp3) is 0.182. The molecule has 0 N–H and O–H groups in total. The van der Waals surface area contributed by atoms with Gasteiger partial charge in [-0.25, -0.2) is 0 Å². The maximum Gasteiger partial charge on any atom is 0.286 e. The van der Waals surface area contributed by atoms with E-state index >= 15 is 0 Å². The minimum absolute atomic E-state index is 0.0787. The minimum atomic E-state index is -0.293. The van der Waals surface area contributed by atoms with Crippen LogP contribution in [-0.2, 0) is 11.8 Å². The molecule has 0 saturated heterocycles. The van der Waals surface area contributed by atoms with E-state index in [0.29, 0.717) is 10.6 Å². The minimum Gasteiger partial charge on any atom is -0.484 e. The highest BCUT2D eigenvalue weighted by atomic mass is 32.1. The Morgan fingerprint density at radius 3 is 2.59 bits per heavy atom. The average molecular weight is 376 g/mol. The van der Waals surface area contributed by atoms with Crippen molar-refractivity contribution in [2.24, 2.45) is 12.0 Å². The lowest BCUT2D eigenvalue weighted by Crippen LogP contribution is -2.17. The van der Waals surface area contributed by atoms with Gasteiger partial charge in [-0.2, -0.15) is 4.99 Å². The number of ether oxygens (including phenoxy) is 1. The number of hydrogen-bond acceptors (Lipinski definition) is 3. The van der Waals surface area contributed by atoms with E-state index in [-0.39, 0.29) is 12.5 Å². The topological polar surface area (TPSA) is 43.6 Å². The Kier molecular flexibility index (Phi) is 4.54. The molecule has 0 aliphatic carbocycles. The van der Waals surface area contributed by atoms with Crippen LogP contribution >= 0.6 is 11.3 Å². The van der Waals surface area contributed by atoms with E-state index in [9.17, 15) is 4.79 Å². The van der Waals surface area contributed by atoms with Crippen molar-refractivity contribution >= 4 is 38.2 Å². The first-order valence-corrected chi connectivity index (χ1v) is 9.59. The molecule has 4 aromatic rings. The van der Waals surface area contributed by atoms with Gasteiger partial charge in [0.25, 0.3) is 5.91 Å². The van der Waals surface area contributed by atoms with E-state index < -0.39 is 0 Å². The number of thiazole rings is 1. The molecule has 0 aliphatic rings. The van der Waals surface area contributed by atoms with Crippen LogP contribution in [0.25, 0.3) is 21.0 Å².